The van der Waals surface area contributed by atoms with Gasteiger partial charge < -0.3 is 10.1 Å². The molecule has 0 fully saturated rings. The molecule has 0 bridgehead atoms. The van der Waals surface area contributed by atoms with Crippen LogP contribution in [0.4, 0.5) is 10.1 Å². The first kappa shape index (κ1) is 15.3. The molecule has 0 spiro atoms. The third kappa shape index (κ3) is 3.71. The molecule has 5 nitrogen and oxygen atoms in total. The Hall–Kier alpha value is -2.12. The maximum Gasteiger partial charge on any atom is 0.238 e. The number of nitrogens with two attached hydrogens (primary N) is 1. The molecule has 2 rings (SSSR count). The molecule has 3 N–H and O–H groups in total. The lowest BCUT2D eigenvalue weighted by molar-refractivity contribution is 0.410. The predicted molar refractivity (Wildman–Crippen MR) is 78.1 cm³/mol. The van der Waals surface area contributed by atoms with E-state index in [0.717, 1.165) is 11.6 Å². The fraction of sp³-hybridized carbons (Fsp3) is 0.143. The maximum atomic E-state index is 13.9. The van der Waals surface area contributed by atoms with Crippen molar-refractivity contribution in [1.29, 1.82) is 0 Å². The minimum Gasteiger partial charge on any atom is -0.496 e. The van der Waals surface area contributed by atoms with Gasteiger partial charge in [0.25, 0.3) is 0 Å². The van der Waals surface area contributed by atoms with Crippen LogP contribution in [-0.4, -0.2) is 15.5 Å². The van der Waals surface area contributed by atoms with Crippen molar-refractivity contribution in [3.63, 3.8) is 0 Å². The van der Waals surface area contributed by atoms with Gasteiger partial charge in [-0.15, -0.1) is 0 Å². The van der Waals surface area contributed by atoms with Gasteiger partial charge in [0, 0.05) is 12.1 Å². The molecule has 7 heteroatoms. The van der Waals surface area contributed by atoms with Gasteiger partial charge in [-0.2, -0.15) is 0 Å². The summed E-state index contributed by atoms with van der Waals surface area (Å²) < 4.78 is 41.3. The van der Waals surface area contributed by atoms with Crippen molar-refractivity contribution < 1.29 is 17.5 Å². The first-order valence-corrected chi connectivity index (χ1v) is 7.64. The van der Waals surface area contributed by atoms with Crippen molar-refractivity contribution in [1.82, 2.24) is 0 Å². The minimum absolute atomic E-state index is 0.188. The van der Waals surface area contributed by atoms with Gasteiger partial charge >= 0.3 is 0 Å². The standard InChI is InChI=1S/C14H15FN2O3S/c1-20-14-5-3-2-4-10(14)9-17-13-7-6-11(8-12(13)15)21(16,18)19/h2-8,17H,9H2,1H3,(H2,16,18,19). The summed E-state index contributed by atoms with van der Waals surface area (Å²) in [6.07, 6.45) is 0. The van der Waals surface area contributed by atoms with Crippen molar-refractivity contribution in [2.24, 2.45) is 5.14 Å². The molecule has 0 unspecified atom stereocenters. The van der Waals surface area contributed by atoms with Crippen LogP contribution in [0.15, 0.2) is 47.4 Å². The summed E-state index contributed by atoms with van der Waals surface area (Å²) in [6.45, 7) is 0.343. The quantitative estimate of drug-likeness (QED) is 0.886. The van der Waals surface area contributed by atoms with E-state index in [4.69, 9.17) is 9.88 Å². The number of halogens is 1. The van der Waals surface area contributed by atoms with Crippen LogP contribution >= 0.6 is 0 Å². The second-order valence-electron chi connectivity index (χ2n) is 4.35. The molecule has 0 atom stereocenters. The van der Waals surface area contributed by atoms with Crippen molar-refractivity contribution in [3.05, 3.63) is 53.8 Å². The van der Waals surface area contributed by atoms with Gasteiger partial charge in [0.2, 0.25) is 10.0 Å². The number of ether oxygens (including phenoxy) is 1. The molecular formula is C14H15FN2O3S. The van der Waals surface area contributed by atoms with E-state index in [-0.39, 0.29) is 10.6 Å². The maximum absolute atomic E-state index is 13.9. The molecule has 0 heterocycles. The van der Waals surface area contributed by atoms with Crippen LogP contribution < -0.4 is 15.2 Å². The molecule has 0 aliphatic carbocycles. The van der Waals surface area contributed by atoms with Crippen molar-refractivity contribution in [3.8, 4) is 5.75 Å². The minimum atomic E-state index is -3.91. The van der Waals surface area contributed by atoms with E-state index in [9.17, 15) is 12.8 Å². The van der Waals surface area contributed by atoms with E-state index in [1.54, 1.807) is 13.2 Å². The summed E-state index contributed by atoms with van der Waals surface area (Å²) >= 11 is 0. The number of nitrogens with one attached hydrogen (secondary N) is 1. The molecule has 0 saturated heterocycles. The van der Waals surface area contributed by atoms with Crippen LogP contribution in [0.5, 0.6) is 5.75 Å². The Bertz CT molecular complexity index is 748. The first-order chi connectivity index (χ1) is 9.91. The normalized spacial score (nSPS) is 11.2. The third-order valence-corrected chi connectivity index (χ3v) is 3.84. The summed E-state index contributed by atoms with van der Waals surface area (Å²) in [5.74, 6) is 0.00277. The Morgan fingerprint density at radius 2 is 1.95 bits per heavy atom. The Balaban J connectivity index is 2.17. The van der Waals surface area contributed by atoms with Gasteiger partial charge in [-0.25, -0.2) is 17.9 Å². The van der Waals surface area contributed by atoms with Crippen molar-refractivity contribution in [2.45, 2.75) is 11.4 Å². The lowest BCUT2D eigenvalue weighted by Gasteiger charge is -2.11. The van der Waals surface area contributed by atoms with Crippen LogP contribution in [0, 0.1) is 5.82 Å². The highest BCUT2D eigenvalue weighted by Crippen LogP contribution is 2.22. The van der Waals surface area contributed by atoms with E-state index >= 15 is 0 Å². The molecule has 112 valence electrons. The van der Waals surface area contributed by atoms with Crippen LogP contribution in [-0.2, 0) is 16.6 Å². The Labute approximate surface area is 122 Å². The molecule has 0 radical (unpaired) electrons. The first-order valence-electron chi connectivity index (χ1n) is 6.10. The molecule has 0 aromatic heterocycles. The molecule has 0 aliphatic heterocycles. The molecule has 0 amide bonds. The molecule has 2 aromatic rings. The lowest BCUT2D eigenvalue weighted by Crippen LogP contribution is -2.13. The number of methoxy groups -OCH3 is 1. The highest BCUT2D eigenvalue weighted by molar-refractivity contribution is 7.89. The number of sulfonamides is 1. The number of hydrogen-bond acceptors (Lipinski definition) is 4. The average Bonchev–Trinajstić information content (AvgIpc) is 2.45. The van der Waals surface area contributed by atoms with Gasteiger partial charge in [0.1, 0.15) is 11.6 Å². The highest BCUT2D eigenvalue weighted by atomic mass is 32.2. The molecular weight excluding hydrogens is 295 g/mol. The zero-order chi connectivity index (χ0) is 15.5. The van der Waals surface area contributed by atoms with Crippen LogP contribution in [0.3, 0.4) is 0 Å². The highest BCUT2D eigenvalue weighted by Gasteiger charge is 2.11. The van der Waals surface area contributed by atoms with E-state index < -0.39 is 15.8 Å². The Morgan fingerprint density at radius 1 is 1.24 bits per heavy atom. The lowest BCUT2D eigenvalue weighted by atomic mass is 10.2. The molecule has 0 aliphatic rings. The zero-order valence-corrected chi connectivity index (χ0v) is 12.2. The summed E-state index contributed by atoms with van der Waals surface area (Å²) in [5, 5.41) is 7.84. The summed E-state index contributed by atoms with van der Waals surface area (Å²) in [7, 11) is -2.35. The SMILES string of the molecule is COc1ccccc1CNc1ccc(S(N)(=O)=O)cc1F. The Kier molecular flexibility index (Phi) is 4.44. The fourth-order valence-corrected chi connectivity index (χ4v) is 2.38. The number of primary sulfonamides is 1. The van der Waals surface area contributed by atoms with E-state index in [1.807, 2.05) is 18.2 Å². The Morgan fingerprint density at radius 3 is 2.57 bits per heavy atom. The number of rotatable bonds is 5. The van der Waals surface area contributed by atoms with Gasteiger partial charge in [0.15, 0.2) is 0 Å². The number of para-hydroxylation sites is 1. The van der Waals surface area contributed by atoms with Crippen molar-refractivity contribution >= 4 is 15.7 Å². The predicted octanol–water partition coefficient (Wildman–Crippen LogP) is 2.09. The van der Waals surface area contributed by atoms with Gasteiger partial charge in [0.05, 0.1) is 17.7 Å². The number of benzene rings is 2. The van der Waals surface area contributed by atoms with E-state index in [2.05, 4.69) is 5.32 Å². The van der Waals surface area contributed by atoms with Crippen molar-refractivity contribution in [2.75, 3.05) is 12.4 Å². The second-order valence-corrected chi connectivity index (χ2v) is 5.91. The summed E-state index contributed by atoms with van der Waals surface area (Å²) in [6, 6.07) is 10.8. The topological polar surface area (TPSA) is 81.4 Å². The van der Waals surface area contributed by atoms with E-state index in [1.165, 1.54) is 12.1 Å². The third-order valence-electron chi connectivity index (χ3n) is 2.93. The summed E-state index contributed by atoms with van der Waals surface area (Å²) in [4.78, 5) is -0.261. The molecule has 2 aromatic carbocycles. The van der Waals surface area contributed by atoms with Crippen LogP contribution in [0.2, 0.25) is 0 Å². The van der Waals surface area contributed by atoms with Gasteiger partial charge in [-0.05, 0) is 24.3 Å². The largest absolute Gasteiger partial charge is 0.496 e. The van der Waals surface area contributed by atoms with Gasteiger partial charge in [-0.1, -0.05) is 18.2 Å². The molecule has 21 heavy (non-hydrogen) atoms. The van der Waals surface area contributed by atoms with Gasteiger partial charge in [-0.3, -0.25) is 0 Å². The van der Waals surface area contributed by atoms with E-state index in [0.29, 0.717) is 12.3 Å². The molecule has 0 saturated carbocycles. The fourth-order valence-electron chi connectivity index (χ4n) is 1.86. The van der Waals surface area contributed by atoms with Crippen LogP contribution in [0.1, 0.15) is 5.56 Å². The van der Waals surface area contributed by atoms with Crippen LogP contribution in [0.25, 0.3) is 0 Å². The zero-order valence-electron chi connectivity index (χ0n) is 11.3. The monoisotopic (exact) mass is 310 g/mol. The smallest absolute Gasteiger partial charge is 0.238 e. The number of anilines is 1. The summed E-state index contributed by atoms with van der Waals surface area (Å²) in [5.41, 5.74) is 1.04. The second kappa shape index (κ2) is 6.11. The average molecular weight is 310 g/mol. The number of hydrogen-bond donors (Lipinski definition) is 2.